The van der Waals surface area contributed by atoms with Gasteiger partial charge in [0.15, 0.2) is 5.78 Å². The number of hydrogen-bond acceptors (Lipinski definition) is 3. The topological polar surface area (TPSA) is 45.8 Å². The van der Waals surface area contributed by atoms with Crippen LogP contribution in [-0.2, 0) is 19.4 Å². The third kappa shape index (κ3) is 2.77. The molecule has 0 radical (unpaired) electrons. The maximum Gasteiger partial charge on any atom is 0.182 e. The van der Waals surface area contributed by atoms with Crippen LogP contribution >= 0.6 is 28.1 Å². The number of pyridine rings is 1. The van der Waals surface area contributed by atoms with Crippen LogP contribution in [0.3, 0.4) is 0 Å². The Kier molecular flexibility index (Phi) is 4.23. The Labute approximate surface area is 142 Å². The van der Waals surface area contributed by atoms with Crippen LogP contribution in [0.5, 0.6) is 0 Å². The van der Waals surface area contributed by atoms with Gasteiger partial charge in [-0.15, -0.1) is 0 Å². The number of Topliss-reactive ketones (excluding diaryl/α,β-unsaturated/α-hetero) is 1. The fourth-order valence-electron chi connectivity index (χ4n) is 2.84. The average molecular weight is 373 g/mol. The maximum absolute atomic E-state index is 12.5. The van der Waals surface area contributed by atoms with Gasteiger partial charge in [0.2, 0.25) is 0 Å². The first kappa shape index (κ1) is 15.1. The number of fused-ring (bicyclic) bond motifs is 1. The number of aryl methyl sites for hydroxylation is 1. The van der Waals surface area contributed by atoms with Crippen LogP contribution in [0.15, 0.2) is 34.8 Å². The predicted octanol–water partition coefficient (Wildman–Crippen LogP) is 4.22. The Morgan fingerprint density at radius 3 is 2.73 bits per heavy atom. The van der Waals surface area contributed by atoms with Gasteiger partial charge in [0.1, 0.15) is 10.7 Å². The van der Waals surface area contributed by atoms with Crippen LogP contribution in [0, 0.1) is 16.0 Å². The lowest BCUT2D eigenvalue weighted by molar-refractivity contribution is 0.0970. The smallest absolute Gasteiger partial charge is 0.182 e. The molecule has 22 heavy (non-hydrogen) atoms. The van der Waals surface area contributed by atoms with Gasteiger partial charge in [-0.2, -0.15) is 5.26 Å². The number of nitrogens with zero attached hydrogens (tertiary/aromatic N) is 2. The van der Waals surface area contributed by atoms with Crippen molar-refractivity contribution in [3.8, 4) is 6.07 Å². The van der Waals surface area contributed by atoms with E-state index < -0.39 is 0 Å². The second-order valence-corrected chi connectivity index (χ2v) is 6.62. The van der Waals surface area contributed by atoms with E-state index in [1.807, 2.05) is 22.8 Å². The van der Waals surface area contributed by atoms with Gasteiger partial charge in [-0.05, 0) is 43.0 Å². The van der Waals surface area contributed by atoms with E-state index in [1.165, 1.54) is 0 Å². The molecule has 1 heterocycles. The standard InChI is InChI=1S/C17H13BrN2OS/c18-14-6-4-11(5-7-14)16(21)10-20-15-3-1-2-12(15)8-13(9-19)17(20)22/h4-8H,1-3,10H2. The summed E-state index contributed by atoms with van der Waals surface area (Å²) in [7, 11) is 0. The molecule has 3 nitrogen and oxygen atoms in total. The SMILES string of the molecule is N#Cc1cc2c(n(CC(=O)c3ccc(Br)cc3)c1=S)CCC2. The molecule has 0 unspecified atom stereocenters. The summed E-state index contributed by atoms with van der Waals surface area (Å²) in [4.78, 5) is 12.5. The van der Waals surface area contributed by atoms with Gasteiger partial charge < -0.3 is 4.57 Å². The second-order valence-electron chi connectivity index (χ2n) is 5.32. The van der Waals surface area contributed by atoms with Crippen molar-refractivity contribution in [3.63, 3.8) is 0 Å². The summed E-state index contributed by atoms with van der Waals surface area (Å²) in [6.45, 7) is 0.193. The lowest BCUT2D eigenvalue weighted by Crippen LogP contribution is -2.16. The van der Waals surface area contributed by atoms with E-state index in [0.29, 0.717) is 15.8 Å². The van der Waals surface area contributed by atoms with Crippen molar-refractivity contribution in [1.29, 1.82) is 5.26 Å². The van der Waals surface area contributed by atoms with E-state index in [-0.39, 0.29) is 12.3 Å². The maximum atomic E-state index is 12.5. The monoisotopic (exact) mass is 372 g/mol. The summed E-state index contributed by atoms with van der Waals surface area (Å²) in [5.41, 5.74) is 3.39. The first-order valence-corrected chi connectivity index (χ1v) is 8.24. The first-order chi connectivity index (χ1) is 10.6. The Morgan fingerprint density at radius 2 is 2.05 bits per heavy atom. The van der Waals surface area contributed by atoms with Gasteiger partial charge in [-0.1, -0.05) is 40.3 Å². The van der Waals surface area contributed by atoms with E-state index in [2.05, 4.69) is 22.0 Å². The summed E-state index contributed by atoms with van der Waals surface area (Å²) >= 11 is 8.77. The molecule has 0 saturated carbocycles. The second kappa shape index (κ2) is 6.15. The van der Waals surface area contributed by atoms with E-state index >= 15 is 0 Å². The van der Waals surface area contributed by atoms with E-state index in [9.17, 15) is 10.1 Å². The zero-order valence-electron chi connectivity index (χ0n) is 11.8. The molecule has 0 bridgehead atoms. The molecule has 1 aliphatic rings. The molecule has 3 rings (SSSR count). The average Bonchev–Trinajstić information content (AvgIpc) is 2.98. The van der Waals surface area contributed by atoms with Gasteiger partial charge >= 0.3 is 0 Å². The summed E-state index contributed by atoms with van der Waals surface area (Å²) in [6, 6.07) is 11.3. The number of benzene rings is 1. The number of rotatable bonds is 3. The minimum atomic E-state index is 0.00721. The fraction of sp³-hybridized carbons (Fsp3) is 0.235. The molecule has 110 valence electrons. The molecule has 1 aromatic heterocycles. The number of carbonyl (C=O) groups is 1. The van der Waals surface area contributed by atoms with Gasteiger partial charge in [0, 0.05) is 15.7 Å². The normalized spacial score (nSPS) is 12.7. The molecule has 0 amide bonds. The van der Waals surface area contributed by atoms with E-state index in [1.54, 1.807) is 12.1 Å². The van der Waals surface area contributed by atoms with Crippen LogP contribution in [0.25, 0.3) is 0 Å². The third-order valence-corrected chi connectivity index (χ3v) is 4.91. The van der Waals surface area contributed by atoms with Crippen molar-refractivity contribution in [3.05, 3.63) is 61.8 Å². The highest BCUT2D eigenvalue weighted by Gasteiger charge is 2.19. The highest BCUT2D eigenvalue weighted by molar-refractivity contribution is 9.10. The van der Waals surface area contributed by atoms with Gasteiger partial charge in [-0.3, -0.25) is 4.79 Å². The van der Waals surface area contributed by atoms with Crippen LogP contribution in [-0.4, -0.2) is 10.4 Å². The van der Waals surface area contributed by atoms with Gasteiger partial charge in [0.05, 0.1) is 12.1 Å². The zero-order chi connectivity index (χ0) is 15.7. The molecule has 0 saturated heterocycles. The Morgan fingerprint density at radius 1 is 1.32 bits per heavy atom. The van der Waals surface area contributed by atoms with Crippen molar-refractivity contribution in [1.82, 2.24) is 4.57 Å². The number of nitriles is 1. The van der Waals surface area contributed by atoms with Crippen molar-refractivity contribution >= 4 is 33.9 Å². The Hall–Kier alpha value is -1.77. The fourth-order valence-corrected chi connectivity index (χ4v) is 3.38. The highest BCUT2D eigenvalue weighted by atomic mass is 79.9. The number of halogens is 1. The molecule has 0 aliphatic heterocycles. The Bertz CT molecular complexity index is 847. The highest BCUT2D eigenvalue weighted by Crippen LogP contribution is 2.24. The number of carbonyl (C=O) groups excluding carboxylic acids is 1. The van der Waals surface area contributed by atoms with Crippen LogP contribution < -0.4 is 0 Å². The molecule has 0 atom stereocenters. The molecular weight excluding hydrogens is 360 g/mol. The number of hydrogen-bond donors (Lipinski definition) is 0. The Balaban J connectivity index is 2.01. The van der Waals surface area contributed by atoms with Gasteiger partial charge in [0.25, 0.3) is 0 Å². The third-order valence-electron chi connectivity index (χ3n) is 3.94. The van der Waals surface area contributed by atoms with Crippen LogP contribution in [0.4, 0.5) is 0 Å². The molecule has 5 heteroatoms. The summed E-state index contributed by atoms with van der Waals surface area (Å²) < 4.78 is 3.25. The van der Waals surface area contributed by atoms with Crippen molar-refractivity contribution < 1.29 is 4.79 Å². The first-order valence-electron chi connectivity index (χ1n) is 7.04. The molecule has 2 aromatic rings. The molecule has 1 aromatic carbocycles. The molecule has 0 spiro atoms. The zero-order valence-corrected chi connectivity index (χ0v) is 14.2. The summed E-state index contributed by atoms with van der Waals surface area (Å²) in [5.74, 6) is 0.00721. The van der Waals surface area contributed by atoms with E-state index in [0.717, 1.165) is 35.0 Å². The predicted molar refractivity (Wildman–Crippen MR) is 90.5 cm³/mol. The van der Waals surface area contributed by atoms with Crippen molar-refractivity contribution in [2.45, 2.75) is 25.8 Å². The van der Waals surface area contributed by atoms with Gasteiger partial charge in [-0.25, -0.2) is 0 Å². The van der Waals surface area contributed by atoms with Crippen molar-refractivity contribution in [2.24, 2.45) is 0 Å². The van der Waals surface area contributed by atoms with Crippen molar-refractivity contribution in [2.75, 3.05) is 0 Å². The molecular formula is C17H13BrN2OS. The quantitative estimate of drug-likeness (QED) is 0.598. The molecule has 1 aliphatic carbocycles. The summed E-state index contributed by atoms with van der Waals surface area (Å²) in [5, 5.41) is 9.24. The number of ketones is 1. The van der Waals surface area contributed by atoms with Crippen LogP contribution in [0.2, 0.25) is 0 Å². The lowest BCUT2D eigenvalue weighted by Gasteiger charge is -2.14. The van der Waals surface area contributed by atoms with E-state index in [4.69, 9.17) is 12.2 Å². The largest absolute Gasteiger partial charge is 0.327 e. The minimum absolute atomic E-state index is 0.00721. The number of aromatic nitrogens is 1. The molecule has 0 fully saturated rings. The van der Waals surface area contributed by atoms with Crippen LogP contribution in [0.1, 0.15) is 33.6 Å². The lowest BCUT2D eigenvalue weighted by atomic mass is 10.1. The minimum Gasteiger partial charge on any atom is -0.327 e. The molecule has 0 N–H and O–H groups in total. The summed E-state index contributed by atoms with van der Waals surface area (Å²) in [6.07, 6.45) is 2.91.